The van der Waals surface area contributed by atoms with Crippen molar-refractivity contribution in [2.24, 2.45) is 0 Å². The Morgan fingerprint density at radius 3 is 2.89 bits per heavy atom. The quantitative estimate of drug-likeness (QED) is 0.899. The normalized spacial score (nSPS) is 10.4. The lowest BCUT2D eigenvalue weighted by atomic mass is 10.2. The van der Waals surface area contributed by atoms with Gasteiger partial charge in [0.1, 0.15) is 18.0 Å². The van der Waals surface area contributed by atoms with E-state index in [0.717, 1.165) is 30.3 Å². The van der Waals surface area contributed by atoms with E-state index in [1.54, 1.807) is 17.7 Å². The molecule has 2 rings (SSSR count). The van der Waals surface area contributed by atoms with E-state index >= 15 is 0 Å². The molecule has 0 amide bonds. The Bertz CT molecular complexity index is 496. The lowest BCUT2D eigenvalue weighted by molar-refractivity contribution is 0.885. The fraction of sp³-hybridized carbons (Fsp3) is 0.385. The molecule has 0 unspecified atom stereocenters. The lowest BCUT2D eigenvalue weighted by Gasteiger charge is -2.20. The fourth-order valence-electron chi connectivity index (χ4n) is 1.90. The predicted molar refractivity (Wildman–Crippen MR) is 77.4 cm³/mol. The van der Waals surface area contributed by atoms with Gasteiger partial charge >= 0.3 is 0 Å². The molecule has 0 saturated carbocycles. The Morgan fingerprint density at radius 2 is 2.22 bits per heavy atom. The van der Waals surface area contributed by atoms with Crippen molar-refractivity contribution >= 4 is 23.0 Å². The number of nitrogens with zero attached hydrogens (tertiary/aromatic N) is 3. The van der Waals surface area contributed by atoms with Crippen LogP contribution in [-0.4, -0.2) is 23.6 Å². The van der Waals surface area contributed by atoms with Gasteiger partial charge in [-0.15, -0.1) is 0 Å². The Labute approximate surface area is 112 Å². The molecule has 0 radical (unpaired) electrons. The van der Waals surface area contributed by atoms with Crippen molar-refractivity contribution in [1.29, 1.82) is 0 Å². The molecule has 0 spiro atoms. The van der Waals surface area contributed by atoms with E-state index < -0.39 is 0 Å². The highest BCUT2D eigenvalue weighted by Crippen LogP contribution is 2.22. The molecule has 96 valence electrons. The summed E-state index contributed by atoms with van der Waals surface area (Å²) in [4.78, 5) is 10.8. The summed E-state index contributed by atoms with van der Waals surface area (Å²) in [5.41, 5.74) is 2.41. The van der Waals surface area contributed by atoms with Crippen molar-refractivity contribution in [3.8, 4) is 0 Å². The Morgan fingerprint density at radius 1 is 1.39 bits per heavy atom. The first-order valence-corrected chi connectivity index (χ1v) is 6.94. The Hall–Kier alpha value is -1.62. The van der Waals surface area contributed by atoms with Crippen molar-refractivity contribution in [2.45, 2.75) is 20.4 Å². The predicted octanol–water partition coefficient (Wildman–Crippen LogP) is 2.91. The third-order valence-electron chi connectivity index (χ3n) is 2.76. The molecule has 5 heteroatoms. The minimum atomic E-state index is 0.867. The van der Waals surface area contributed by atoms with Gasteiger partial charge in [-0.05, 0) is 36.2 Å². The summed E-state index contributed by atoms with van der Waals surface area (Å²) in [5, 5.41) is 7.52. The molecule has 2 aromatic rings. The molecular weight excluding hydrogens is 244 g/mol. The van der Waals surface area contributed by atoms with Crippen molar-refractivity contribution in [1.82, 2.24) is 9.97 Å². The van der Waals surface area contributed by atoms with Gasteiger partial charge in [-0.3, -0.25) is 0 Å². The van der Waals surface area contributed by atoms with Crippen molar-refractivity contribution in [2.75, 3.05) is 23.8 Å². The number of nitrogens with one attached hydrogen (secondary N) is 1. The SMILES string of the molecule is CCNc1ncnc(N(C)Cc2ccsc2)c1C. The number of thiophene rings is 1. The molecule has 4 nitrogen and oxygen atoms in total. The number of rotatable bonds is 5. The molecule has 0 aliphatic rings. The molecule has 0 bridgehead atoms. The Kier molecular flexibility index (Phi) is 4.15. The third kappa shape index (κ3) is 2.79. The summed E-state index contributed by atoms with van der Waals surface area (Å²) < 4.78 is 0. The molecular formula is C13H18N4S. The molecule has 0 atom stereocenters. The first kappa shape index (κ1) is 12.8. The van der Waals surface area contributed by atoms with E-state index in [-0.39, 0.29) is 0 Å². The van der Waals surface area contributed by atoms with Crippen LogP contribution in [-0.2, 0) is 6.54 Å². The summed E-state index contributed by atoms with van der Waals surface area (Å²) in [6.07, 6.45) is 1.62. The molecule has 2 heterocycles. The van der Waals surface area contributed by atoms with Crippen LogP contribution in [0, 0.1) is 6.92 Å². The zero-order valence-corrected chi connectivity index (χ0v) is 11.8. The second-order valence-electron chi connectivity index (χ2n) is 4.19. The monoisotopic (exact) mass is 262 g/mol. The van der Waals surface area contributed by atoms with Crippen molar-refractivity contribution < 1.29 is 0 Å². The van der Waals surface area contributed by atoms with E-state index in [4.69, 9.17) is 0 Å². The lowest BCUT2D eigenvalue weighted by Crippen LogP contribution is -2.19. The molecule has 0 saturated heterocycles. The maximum Gasteiger partial charge on any atom is 0.137 e. The topological polar surface area (TPSA) is 41.1 Å². The van der Waals surface area contributed by atoms with Crippen LogP contribution in [0.1, 0.15) is 18.1 Å². The van der Waals surface area contributed by atoms with E-state index in [1.807, 2.05) is 0 Å². The molecule has 1 N–H and O–H groups in total. The molecule has 18 heavy (non-hydrogen) atoms. The summed E-state index contributed by atoms with van der Waals surface area (Å²) in [5.74, 6) is 1.90. The van der Waals surface area contributed by atoms with E-state index in [0.29, 0.717) is 0 Å². The summed E-state index contributed by atoms with van der Waals surface area (Å²) in [7, 11) is 2.06. The summed E-state index contributed by atoms with van der Waals surface area (Å²) in [6.45, 7) is 5.85. The van der Waals surface area contributed by atoms with Crippen LogP contribution in [0.5, 0.6) is 0 Å². The number of aromatic nitrogens is 2. The van der Waals surface area contributed by atoms with Crippen LogP contribution < -0.4 is 10.2 Å². The van der Waals surface area contributed by atoms with Gasteiger partial charge in [0.2, 0.25) is 0 Å². The van der Waals surface area contributed by atoms with E-state index in [1.165, 1.54) is 5.56 Å². The largest absolute Gasteiger partial charge is 0.370 e. The number of hydrogen-bond acceptors (Lipinski definition) is 5. The minimum Gasteiger partial charge on any atom is -0.370 e. The van der Waals surface area contributed by atoms with Gasteiger partial charge in [-0.2, -0.15) is 11.3 Å². The molecule has 2 aromatic heterocycles. The highest BCUT2D eigenvalue weighted by Gasteiger charge is 2.11. The second kappa shape index (κ2) is 5.82. The number of anilines is 2. The van der Waals surface area contributed by atoms with Crippen LogP contribution in [0.4, 0.5) is 11.6 Å². The van der Waals surface area contributed by atoms with Gasteiger partial charge in [0.15, 0.2) is 0 Å². The van der Waals surface area contributed by atoms with Crippen molar-refractivity contribution in [3.05, 3.63) is 34.3 Å². The summed E-state index contributed by atoms with van der Waals surface area (Å²) in [6, 6.07) is 2.14. The zero-order valence-electron chi connectivity index (χ0n) is 11.0. The van der Waals surface area contributed by atoms with Crippen LogP contribution >= 0.6 is 11.3 Å². The van der Waals surface area contributed by atoms with Crippen LogP contribution in [0.15, 0.2) is 23.2 Å². The fourth-order valence-corrected chi connectivity index (χ4v) is 2.56. The summed E-state index contributed by atoms with van der Waals surface area (Å²) >= 11 is 1.72. The van der Waals surface area contributed by atoms with Crippen molar-refractivity contribution in [3.63, 3.8) is 0 Å². The molecule has 0 aliphatic heterocycles. The van der Waals surface area contributed by atoms with E-state index in [9.17, 15) is 0 Å². The first-order valence-electron chi connectivity index (χ1n) is 6.00. The van der Waals surface area contributed by atoms with Gasteiger partial charge in [0.25, 0.3) is 0 Å². The van der Waals surface area contributed by atoms with E-state index in [2.05, 4.69) is 57.9 Å². The Balaban J connectivity index is 2.19. The third-order valence-corrected chi connectivity index (χ3v) is 3.50. The van der Waals surface area contributed by atoms with Gasteiger partial charge in [0.05, 0.1) is 0 Å². The average molecular weight is 262 g/mol. The average Bonchev–Trinajstić information content (AvgIpc) is 2.85. The van der Waals surface area contributed by atoms with Crippen LogP contribution in [0.2, 0.25) is 0 Å². The van der Waals surface area contributed by atoms with Gasteiger partial charge < -0.3 is 10.2 Å². The van der Waals surface area contributed by atoms with Crippen LogP contribution in [0.3, 0.4) is 0 Å². The van der Waals surface area contributed by atoms with Gasteiger partial charge in [-0.25, -0.2) is 9.97 Å². The molecule has 0 aromatic carbocycles. The smallest absolute Gasteiger partial charge is 0.137 e. The van der Waals surface area contributed by atoms with Crippen LogP contribution in [0.25, 0.3) is 0 Å². The highest BCUT2D eigenvalue weighted by atomic mass is 32.1. The standard InChI is InChI=1S/C13H18N4S/c1-4-14-12-10(2)13(16-9-15-12)17(3)7-11-5-6-18-8-11/h5-6,8-9H,4,7H2,1-3H3,(H,14,15,16). The first-order chi connectivity index (χ1) is 8.72. The molecule has 0 fully saturated rings. The highest BCUT2D eigenvalue weighted by molar-refractivity contribution is 7.07. The maximum absolute atomic E-state index is 4.38. The van der Waals surface area contributed by atoms with Gasteiger partial charge in [-0.1, -0.05) is 0 Å². The molecule has 0 aliphatic carbocycles. The van der Waals surface area contributed by atoms with Gasteiger partial charge in [0, 0.05) is 25.7 Å². The second-order valence-corrected chi connectivity index (χ2v) is 4.97. The zero-order chi connectivity index (χ0) is 13.0. The minimum absolute atomic E-state index is 0.867. The maximum atomic E-state index is 4.38. The number of hydrogen-bond donors (Lipinski definition) is 1.